The van der Waals surface area contributed by atoms with Crippen molar-refractivity contribution < 1.29 is 0 Å². The maximum absolute atomic E-state index is 7.40. The lowest BCUT2D eigenvalue weighted by Gasteiger charge is -2.63. The van der Waals surface area contributed by atoms with Gasteiger partial charge in [0, 0.05) is 0 Å². The van der Waals surface area contributed by atoms with Crippen LogP contribution in [0.1, 0.15) is 62.3 Å². The van der Waals surface area contributed by atoms with Crippen LogP contribution in [0.2, 0.25) is 15.1 Å². The zero-order valence-electron chi connectivity index (χ0n) is 15.6. The summed E-state index contributed by atoms with van der Waals surface area (Å²) in [4.78, 5) is 0. The average molecular weight is 376 g/mol. The van der Waals surface area contributed by atoms with Crippen LogP contribution in [0.5, 0.6) is 0 Å². The third kappa shape index (κ3) is 2.97. The Morgan fingerprint density at radius 3 is 1.23 bits per heavy atom. The summed E-state index contributed by atoms with van der Waals surface area (Å²) in [5, 5.41) is 1.49. The summed E-state index contributed by atoms with van der Waals surface area (Å²) in [7, 11) is -2.20. The predicted octanol–water partition coefficient (Wildman–Crippen LogP) is 6.74. The minimum Gasteiger partial charge on any atom is -0.144 e. The molecule has 0 bridgehead atoms. The van der Waals surface area contributed by atoms with Crippen molar-refractivity contribution in [3.05, 3.63) is 30.3 Å². The second kappa shape index (κ2) is 5.95. The summed E-state index contributed by atoms with van der Waals surface area (Å²) >= 11 is 14.8. The molecule has 0 radical (unpaired) electrons. The molecule has 4 heteroatoms. The van der Waals surface area contributed by atoms with E-state index in [1.165, 1.54) is 5.19 Å². The molecule has 0 aliphatic rings. The van der Waals surface area contributed by atoms with E-state index in [9.17, 15) is 0 Å². The minimum atomic E-state index is -2.68. The summed E-state index contributed by atoms with van der Waals surface area (Å²) < 4.78 is 0. The Morgan fingerprint density at radius 2 is 0.955 bits per heavy atom. The van der Waals surface area contributed by atoms with Gasteiger partial charge >= 0.3 is 0 Å². The van der Waals surface area contributed by atoms with Crippen LogP contribution >= 0.6 is 22.2 Å². The molecule has 0 atom stereocenters. The Morgan fingerprint density at radius 1 is 0.636 bits per heavy atom. The molecule has 0 fully saturated rings. The molecule has 0 aliphatic carbocycles. The number of rotatable bonds is 2. The lowest BCUT2D eigenvalue weighted by molar-refractivity contribution is 0.554. The van der Waals surface area contributed by atoms with Crippen LogP contribution in [-0.4, -0.2) is 13.8 Å². The van der Waals surface area contributed by atoms with Gasteiger partial charge in [-0.15, -0.1) is 22.2 Å². The first-order chi connectivity index (χ1) is 9.61. The van der Waals surface area contributed by atoms with Crippen molar-refractivity contribution in [2.45, 2.75) is 77.4 Å². The van der Waals surface area contributed by atoms with Crippen molar-refractivity contribution in [2.24, 2.45) is 0 Å². The van der Waals surface area contributed by atoms with Gasteiger partial charge in [-0.3, -0.25) is 0 Å². The molecule has 0 aromatic heterocycles. The molecule has 0 saturated carbocycles. The lowest BCUT2D eigenvalue weighted by atomic mass is 10.2. The average Bonchev–Trinajstić information content (AvgIpc) is 2.23. The van der Waals surface area contributed by atoms with E-state index in [-0.39, 0.29) is 15.1 Å². The fraction of sp³-hybridized carbons (Fsp3) is 0.667. The van der Waals surface area contributed by atoms with Crippen LogP contribution in [0.3, 0.4) is 0 Å². The fourth-order valence-electron chi connectivity index (χ4n) is 5.65. The normalized spacial score (nSPS) is 15.0. The van der Waals surface area contributed by atoms with E-state index in [1.54, 1.807) is 0 Å². The summed E-state index contributed by atoms with van der Waals surface area (Å²) in [6, 6.07) is 10.4. The van der Waals surface area contributed by atoms with Gasteiger partial charge in [-0.2, -0.15) is 0 Å². The Labute approximate surface area is 148 Å². The first-order valence-corrected chi connectivity index (χ1v) is 15.1. The summed E-state index contributed by atoms with van der Waals surface area (Å²) in [5.41, 5.74) is 0. The van der Waals surface area contributed by atoms with Gasteiger partial charge in [0.2, 0.25) is 0 Å². The molecule has 0 aliphatic heterocycles. The van der Waals surface area contributed by atoms with Crippen LogP contribution in [-0.2, 0) is 0 Å². The van der Waals surface area contributed by atoms with Crippen molar-refractivity contribution in [3.63, 3.8) is 0 Å². The second-order valence-electron chi connectivity index (χ2n) is 9.44. The number of halogens is 2. The predicted molar refractivity (Wildman–Crippen MR) is 108 cm³/mol. The highest BCUT2D eigenvalue weighted by Gasteiger charge is 2.71. The maximum Gasteiger partial charge on any atom is 0.268 e. The van der Waals surface area contributed by atoms with Gasteiger partial charge in [0.05, 0.1) is 0 Å². The lowest BCUT2D eigenvalue weighted by Crippen LogP contribution is -2.75. The first-order valence-electron chi connectivity index (χ1n) is 8.04. The number of hydrogen-bond donors (Lipinski definition) is 0. The van der Waals surface area contributed by atoms with E-state index >= 15 is 0 Å². The Hall–Kier alpha value is 0.234. The quantitative estimate of drug-likeness (QED) is 0.396. The second-order valence-corrected chi connectivity index (χ2v) is 27.6. The Kier molecular flexibility index (Phi) is 5.48. The molecule has 126 valence electrons. The van der Waals surface area contributed by atoms with Gasteiger partial charge < -0.3 is 0 Å². The highest BCUT2D eigenvalue weighted by atomic mass is 35.7. The van der Waals surface area contributed by atoms with Crippen LogP contribution in [0, 0.1) is 0 Å². The molecule has 1 aromatic rings. The first kappa shape index (κ1) is 20.3. The highest BCUT2D eigenvalue weighted by molar-refractivity contribution is 7.80. The van der Waals surface area contributed by atoms with Gasteiger partial charge in [0.15, 0.2) is 0 Å². The molecule has 0 amide bonds. The summed E-state index contributed by atoms with van der Waals surface area (Å²) in [5.74, 6) is 0. The summed E-state index contributed by atoms with van der Waals surface area (Å²) in [6.45, 7) is 21.2. The van der Waals surface area contributed by atoms with Crippen LogP contribution < -0.4 is 5.19 Å². The molecular formula is C18H32Cl2Si2. The Bertz CT molecular complexity index is 467. The van der Waals surface area contributed by atoms with Crippen molar-refractivity contribution in [1.29, 1.82) is 0 Å². The van der Waals surface area contributed by atoms with Crippen LogP contribution in [0.25, 0.3) is 0 Å². The molecule has 1 aromatic carbocycles. The topological polar surface area (TPSA) is 0 Å². The van der Waals surface area contributed by atoms with E-state index in [0.29, 0.717) is 0 Å². The fourth-order valence-corrected chi connectivity index (χ4v) is 42.6. The van der Waals surface area contributed by atoms with Crippen molar-refractivity contribution in [2.75, 3.05) is 0 Å². The summed E-state index contributed by atoms with van der Waals surface area (Å²) in [6.07, 6.45) is -2.68. The Balaban J connectivity index is 3.87. The van der Waals surface area contributed by atoms with Gasteiger partial charge in [-0.1, -0.05) is 92.6 Å². The highest BCUT2D eigenvalue weighted by Crippen LogP contribution is 2.66. The van der Waals surface area contributed by atoms with Crippen LogP contribution in [0.4, 0.5) is 0 Å². The van der Waals surface area contributed by atoms with E-state index < -0.39 is 13.8 Å². The minimum absolute atomic E-state index is 0.106. The van der Waals surface area contributed by atoms with Crippen molar-refractivity contribution in [3.8, 4) is 0 Å². The molecule has 0 N–H and O–H groups in total. The van der Waals surface area contributed by atoms with Crippen molar-refractivity contribution in [1.82, 2.24) is 0 Å². The zero-order valence-corrected chi connectivity index (χ0v) is 19.2. The van der Waals surface area contributed by atoms with Gasteiger partial charge in [-0.05, 0) is 20.3 Å². The monoisotopic (exact) mass is 374 g/mol. The third-order valence-electron chi connectivity index (χ3n) is 4.98. The largest absolute Gasteiger partial charge is 0.268 e. The molecule has 0 nitrogen and oxygen atoms in total. The van der Waals surface area contributed by atoms with E-state index in [0.717, 1.165) is 0 Å². The van der Waals surface area contributed by atoms with Gasteiger partial charge in [0.1, 0.15) is 7.59 Å². The number of benzene rings is 1. The van der Waals surface area contributed by atoms with Gasteiger partial charge in [-0.25, -0.2) is 0 Å². The van der Waals surface area contributed by atoms with Crippen molar-refractivity contribution >= 4 is 41.1 Å². The van der Waals surface area contributed by atoms with Gasteiger partial charge in [0.25, 0.3) is 6.21 Å². The third-order valence-corrected chi connectivity index (χ3v) is 30.6. The van der Waals surface area contributed by atoms with Crippen LogP contribution in [0.15, 0.2) is 30.3 Å². The molecule has 22 heavy (non-hydrogen) atoms. The standard InChI is InChI=1S/C18H32Cl2Si2/c1-16(2,3)22(17(4,5)6,18(7,8)9)21(19,20)15-13-11-10-12-14-15/h10-14H,1-9H3. The number of hydrogen-bond acceptors (Lipinski definition) is 0. The molecule has 0 spiro atoms. The van der Waals surface area contributed by atoms with E-state index in [1.807, 2.05) is 6.07 Å². The van der Waals surface area contributed by atoms with E-state index in [4.69, 9.17) is 22.2 Å². The van der Waals surface area contributed by atoms with E-state index in [2.05, 4.69) is 86.6 Å². The molecule has 0 unspecified atom stereocenters. The zero-order chi connectivity index (χ0) is 17.6. The molecule has 0 saturated heterocycles. The maximum atomic E-state index is 7.40. The SMILES string of the molecule is CC(C)(C)[Si](C(C)(C)C)(C(C)(C)C)[Si](Cl)(Cl)c1ccccc1. The molecule has 1 rings (SSSR count). The molecule has 0 heterocycles. The molecular weight excluding hydrogens is 343 g/mol. The smallest absolute Gasteiger partial charge is 0.144 e.